The molecular formula is C17H24N2O2. The van der Waals surface area contributed by atoms with Crippen LogP contribution in [0.25, 0.3) is 0 Å². The van der Waals surface area contributed by atoms with Crippen LogP contribution in [-0.4, -0.2) is 41.2 Å². The van der Waals surface area contributed by atoms with Crippen molar-refractivity contribution in [3.8, 4) is 0 Å². The Morgan fingerprint density at radius 2 is 2.00 bits per heavy atom. The van der Waals surface area contributed by atoms with Crippen LogP contribution in [0.5, 0.6) is 0 Å². The first kappa shape index (κ1) is 15.5. The number of hydrogen-bond acceptors (Lipinski definition) is 2. The van der Waals surface area contributed by atoms with E-state index in [1.807, 2.05) is 51.2 Å². The maximum atomic E-state index is 12.8. The zero-order valence-corrected chi connectivity index (χ0v) is 13.1. The van der Waals surface area contributed by atoms with Gasteiger partial charge < -0.3 is 9.80 Å². The lowest BCUT2D eigenvalue weighted by molar-refractivity contribution is -0.144. The summed E-state index contributed by atoms with van der Waals surface area (Å²) in [7, 11) is 1.82. The Labute approximate surface area is 126 Å². The van der Waals surface area contributed by atoms with Crippen LogP contribution in [0, 0.1) is 0 Å². The summed E-state index contributed by atoms with van der Waals surface area (Å²) < 4.78 is 0. The fraction of sp³-hybridized carbons (Fsp3) is 0.529. The maximum absolute atomic E-state index is 12.8. The molecule has 2 amide bonds. The number of carbonyl (C=O) groups is 2. The molecule has 1 aromatic carbocycles. The van der Waals surface area contributed by atoms with Crippen molar-refractivity contribution >= 4 is 11.8 Å². The normalized spacial score (nSPS) is 17.7. The average molecular weight is 288 g/mol. The van der Waals surface area contributed by atoms with Crippen LogP contribution < -0.4 is 0 Å². The van der Waals surface area contributed by atoms with Crippen LogP contribution in [0.2, 0.25) is 0 Å². The van der Waals surface area contributed by atoms with Crippen molar-refractivity contribution in [2.45, 2.75) is 45.2 Å². The Kier molecular flexibility index (Phi) is 4.99. The van der Waals surface area contributed by atoms with Gasteiger partial charge in [-0.05, 0) is 25.3 Å². The zero-order chi connectivity index (χ0) is 15.4. The Balaban J connectivity index is 2.11. The smallest absolute Gasteiger partial charge is 0.245 e. The van der Waals surface area contributed by atoms with E-state index in [-0.39, 0.29) is 23.9 Å². The number of carbonyl (C=O) groups excluding carboxylic acids is 2. The van der Waals surface area contributed by atoms with E-state index in [4.69, 9.17) is 0 Å². The van der Waals surface area contributed by atoms with Crippen molar-refractivity contribution in [2.24, 2.45) is 0 Å². The molecule has 21 heavy (non-hydrogen) atoms. The second kappa shape index (κ2) is 6.74. The van der Waals surface area contributed by atoms with Crippen molar-refractivity contribution in [3.05, 3.63) is 35.9 Å². The highest BCUT2D eigenvalue weighted by Crippen LogP contribution is 2.23. The van der Waals surface area contributed by atoms with Crippen molar-refractivity contribution in [1.29, 1.82) is 0 Å². The maximum Gasteiger partial charge on any atom is 0.245 e. The molecule has 0 unspecified atom stereocenters. The Morgan fingerprint density at radius 1 is 1.33 bits per heavy atom. The Hall–Kier alpha value is -1.84. The summed E-state index contributed by atoms with van der Waals surface area (Å²) in [6.45, 7) is 4.69. The predicted octanol–water partition coefficient (Wildman–Crippen LogP) is 2.61. The van der Waals surface area contributed by atoms with Crippen molar-refractivity contribution in [3.63, 3.8) is 0 Å². The van der Waals surface area contributed by atoms with Gasteiger partial charge in [0.15, 0.2) is 0 Å². The molecule has 1 aliphatic rings. The van der Waals surface area contributed by atoms with Gasteiger partial charge in [-0.3, -0.25) is 9.59 Å². The van der Waals surface area contributed by atoms with Gasteiger partial charge in [-0.1, -0.05) is 37.3 Å². The molecule has 1 saturated heterocycles. The van der Waals surface area contributed by atoms with Gasteiger partial charge in [0.2, 0.25) is 11.8 Å². The molecule has 114 valence electrons. The van der Waals surface area contributed by atoms with E-state index >= 15 is 0 Å². The number of hydrogen-bond donors (Lipinski definition) is 0. The van der Waals surface area contributed by atoms with Gasteiger partial charge in [0, 0.05) is 20.0 Å². The molecule has 2 atom stereocenters. The number of likely N-dealkylation sites (N-methyl/N-ethyl adjacent to an activating group) is 1. The van der Waals surface area contributed by atoms with E-state index < -0.39 is 0 Å². The van der Waals surface area contributed by atoms with Crippen LogP contribution in [0.3, 0.4) is 0 Å². The van der Waals surface area contributed by atoms with Gasteiger partial charge in [0.1, 0.15) is 6.04 Å². The largest absolute Gasteiger partial charge is 0.337 e. The first-order chi connectivity index (χ1) is 10.1. The summed E-state index contributed by atoms with van der Waals surface area (Å²) in [6, 6.07) is 9.65. The molecule has 0 spiro atoms. The lowest BCUT2D eigenvalue weighted by atomic mass is 10.1. The van der Waals surface area contributed by atoms with E-state index in [0.717, 1.165) is 12.0 Å². The summed E-state index contributed by atoms with van der Waals surface area (Å²) in [4.78, 5) is 28.2. The number of amides is 2. The summed E-state index contributed by atoms with van der Waals surface area (Å²) in [5.74, 6) is 0.139. The van der Waals surface area contributed by atoms with Crippen LogP contribution in [0.1, 0.15) is 44.7 Å². The van der Waals surface area contributed by atoms with Gasteiger partial charge in [0.05, 0.1) is 6.04 Å². The van der Waals surface area contributed by atoms with Gasteiger partial charge in [-0.25, -0.2) is 0 Å². The number of nitrogens with zero attached hydrogens (tertiary/aromatic N) is 2. The SMILES string of the molecule is CC[C@@H](C(=O)N(C)[C@H](C)c1ccccc1)N1CCCC1=O. The van der Waals surface area contributed by atoms with E-state index in [1.165, 1.54) is 0 Å². The molecule has 1 aromatic rings. The molecule has 0 N–H and O–H groups in total. The molecule has 4 nitrogen and oxygen atoms in total. The first-order valence-corrected chi connectivity index (χ1v) is 7.67. The van der Waals surface area contributed by atoms with Crippen LogP contribution >= 0.6 is 0 Å². The topological polar surface area (TPSA) is 40.6 Å². The van der Waals surface area contributed by atoms with Gasteiger partial charge in [-0.15, -0.1) is 0 Å². The first-order valence-electron chi connectivity index (χ1n) is 7.67. The lowest BCUT2D eigenvalue weighted by Gasteiger charge is -2.33. The molecule has 1 fully saturated rings. The second-order valence-corrected chi connectivity index (χ2v) is 5.65. The molecular weight excluding hydrogens is 264 g/mol. The van der Waals surface area contributed by atoms with Crippen LogP contribution in [0.4, 0.5) is 0 Å². The minimum Gasteiger partial charge on any atom is -0.337 e. The van der Waals surface area contributed by atoms with E-state index in [0.29, 0.717) is 19.4 Å². The minimum atomic E-state index is -0.323. The van der Waals surface area contributed by atoms with Gasteiger partial charge in [-0.2, -0.15) is 0 Å². The Bertz CT molecular complexity index is 501. The molecule has 4 heteroatoms. The highest BCUT2D eigenvalue weighted by Gasteiger charge is 2.34. The predicted molar refractivity (Wildman–Crippen MR) is 82.7 cm³/mol. The summed E-state index contributed by atoms with van der Waals surface area (Å²) in [6.07, 6.45) is 2.10. The van der Waals surface area contributed by atoms with Crippen LogP contribution in [-0.2, 0) is 9.59 Å². The highest BCUT2D eigenvalue weighted by atomic mass is 16.2. The van der Waals surface area contributed by atoms with E-state index in [1.54, 1.807) is 9.80 Å². The fourth-order valence-corrected chi connectivity index (χ4v) is 2.91. The van der Waals surface area contributed by atoms with Crippen LogP contribution in [0.15, 0.2) is 30.3 Å². The number of benzene rings is 1. The molecule has 0 aliphatic carbocycles. The van der Waals surface area contributed by atoms with E-state index in [9.17, 15) is 9.59 Å². The minimum absolute atomic E-state index is 0.00505. The zero-order valence-electron chi connectivity index (χ0n) is 13.1. The molecule has 0 radical (unpaired) electrons. The van der Waals surface area contributed by atoms with Gasteiger partial charge in [0.25, 0.3) is 0 Å². The molecule has 0 saturated carbocycles. The third-order valence-electron chi connectivity index (χ3n) is 4.37. The Morgan fingerprint density at radius 3 is 2.52 bits per heavy atom. The molecule has 2 rings (SSSR count). The summed E-state index contributed by atoms with van der Waals surface area (Å²) >= 11 is 0. The molecule has 1 aliphatic heterocycles. The fourth-order valence-electron chi connectivity index (χ4n) is 2.91. The van der Waals surface area contributed by atoms with Crippen molar-refractivity contribution in [2.75, 3.05) is 13.6 Å². The number of rotatable bonds is 5. The lowest BCUT2D eigenvalue weighted by Crippen LogP contribution is -2.48. The van der Waals surface area contributed by atoms with Crippen molar-refractivity contribution < 1.29 is 9.59 Å². The highest BCUT2D eigenvalue weighted by molar-refractivity contribution is 5.88. The summed E-state index contributed by atoms with van der Waals surface area (Å²) in [5.41, 5.74) is 1.11. The van der Waals surface area contributed by atoms with Crippen molar-refractivity contribution in [1.82, 2.24) is 9.80 Å². The monoisotopic (exact) mass is 288 g/mol. The third kappa shape index (κ3) is 3.26. The average Bonchev–Trinajstić information content (AvgIpc) is 2.93. The molecule has 1 heterocycles. The quantitative estimate of drug-likeness (QED) is 0.835. The molecule has 0 bridgehead atoms. The molecule has 0 aromatic heterocycles. The second-order valence-electron chi connectivity index (χ2n) is 5.65. The summed E-state index contributed by atoms with van der Waals surface area (Å²) in [5, 5.41) is 0. The number of likely N-dealkylation sites (tertiary alicyclic amines) is 1. The van der Waals surface area contributed by atoms with E-state index in [2.05, 4.69) is 0 Å². The third-order valence-corrected chi connectivity index (χ3v) is 4.37. The standard InChI is InChI=1S/C17H24N2O2/c1-4-15(19-12-8-11-16(19)20)17(21)18(3)13(2)14-9-6-5-7-10-14/h5-7,9-10,13,15H,4,8,11-12H2,1-3H3/t13-,15+/m1/s1. The van der Waals surface area contributed by atoms with Gasteiger partial charge >= 0.3 is 0 Å².